The number of phosphoric ester groups is 1. The lowest BCUT2D eigenvalue weighted by molar-refractivity contribution is -0.870. The van der Waals surface area contributed by atoms with Crippen LogP contribution in [0.2, 0.25) is 0 Å². The third-order valence-electron chi connectivity index (χ3n) is 14.8. The van der Waals surface area contributed by atoms with Gasteiger partial charge in [0.2, 0.25) is 5.91 Å². The highest BCUT2D eigenvalue weighted by Crippen LogP contribution is 2.38. The average molecular weight is 1060 g/mol. The van der Waals surface area contributed by atoms with Crippen molar-refractivity contribution in [3.8, 4) is 0 Å². The Morgan fingerprint density at radius 2 is 0.784 bits per heavy atom. The Kier molecular flexibility index (Phi) is 55.5. The number of allylic oxidation sites excluding steroid dienone is 5. The van der Waals surface area contributed by atoms with Crippen LogP contribution in [0.1, 0.15) is 322 Å². The van der Waals surface area contributed by atoms with Crippen LogP contribution in [-0.2, 0) is 18.4 Å². The molecule has 0 aliphatic heterocycles. The maximum Gasteiger partial charge on any atom is 0.268 e. The number of hydrogen-bond donors (Lipinski definition) is 2. The number of amides is 1. The van der Waals surface area contributed by atoms with E-state index < -0.39 is 20.0 Å². The van der Waals surface area contributed by atoms with E-state index in [9.17, 15) is 19.4 Å². The van der Waals surface area contributed by atoms with Gasteiger partial charge in [-0.1, -0.05) is 301 Å². The van der Waals surface area contributed by atoms with E-state index in [1.807, 2.05) is 27.2 Å². The molecule has 2 N–H and O–H groups in total. The predicted molar refractivity (Wildman–Crippen MR) is 321 cm³/mol. The summed E-state index contributed by atoms with van der Waals surface area (Å²) in [5.74, 6) is -0.198. The molecule has 0 aromatic heterocycles. The molecule has 0 aliphatic carbocycles. The highest BCUT2D eigenvalue weighted by molar-refractivity contribution is 7.45. The van der Waals surface area contributed by atoms with Crippen LogP contribution in [0.3, 0.4) is 0 Å². The van der Waals surface area contributed by atoms with Gasteiger partial charge in [0, 0.05) is 6.42 Å². The number of hydrogen-bond acceptors (Lipinski definition) is 6. The summed E-state index contributed by atoms with van der Waals surface area (Å²) in [6, 6.07) is -0.890. The molecule has 0 bridgehead atoms. The minimum absolute atomic E-state index is 0.00130. The number of carbonyl (C=O) groups is 1. The molecule has 3 unspecified atom stereocenters. The van der Waals surface area contributed by atoms with Gasteiger partial charge >= 0.3 is 0 Å². The van der Waals surface area contributed by atoms with E-state index in [2.05, 4.69) is 43.5 Å². The van der Waals surface area contributed by atoms with Crippen LogP contribution in [0.4, 0.5) is 0 Å². The number of quaternary nitrogens is 1. The van der Waals surface area contributed by atoms with Gasteiger partial charge in [-0.15, -0.1) is 0 Å². The third-order valence-corrected chi connectivity index (χ3v) is 15.8. The van der Waals surface area contributed by atoms with Gasteiger partial charge in [0.25, 0.3) is 7.82 Å². The van der Waals surface area contributed by atoms with Gasteiger partial charge in [-0.2, -0.15) is 0 Å². The van der Waals surface area contributed by atoms with Crippen molar-refractivity contribution in [1.29, 1.82) is 0 Å². The molecule has 0 aromatic carbocycles. The molecular formula is C65H127N2O6P. The van der Waals surface area contributed by atoms with Crippen molar-refractivity contribution < 1.29 is 32.9 Å². The Morgan fingerprint density at radius 1 is 0.473 bits per heavy atom. The van der Waals surface area contributed by atoms with E-state index in [0.29, 0.717) is 17.4 Å². The SMILES string of the molecule is CCCCCCC/C=C\C/C=C\CCCCCCCCCCCC(=O)NC(COP(=O)([O-])OCC[N+](C)(C)C)C(O)/C=C/CCCCCCCCCCCCCCCCCCCCCCCCCCCCCCC. The summed E-state index contributed by atoms with van der Waals surface area (Å²) in [7, 11) is 1.27. The van der Waals surface area contributed by atoms with Crippen molar-refractivity contribution in [3.05, 3.63) is 36.5 Å². The van der Waals surface area contributed by atoms with Crippen molar-refractivity contribution in [2.45, 2.75) is 334 Å². The number of aliphatic hydroxyl groups is 1. The molecule has 8 nitrogen and oxygen atoms in total. The second-order valence-corrected chi connectivity index (χ2v) is 24.9. The van der Waals surface area contributed by atoms with Gasteiger partial charge in [-0.05, 0) is 51.4 Å². The van der Waals surface area contributed by atoms with Crippen molar-refractivity contribution in [1.82, 2.24) is 5.32 Å². The fourth-order valence-corrected chi connectivity index (χ4v) is 10.5. The number of carbonyl (C=O) groups excluding carboxylic acids is 1. The lowest BCUT2D eigenvalue weighted by Gasteiger charge is -2.29. The number of phosphoric acid groups is 1. The van der Waals surface area contributed by atoms with Crippen LogP contribution in [0.25, 0.3) is 0 Å². The molecule has 1 amide bonds. The fourth-order valence-electron chi connectivity index (χ4n) is 9.78. The Morgan fingerprint density at radius 3 is 1.12 bits per heavy atom. The number of unbranched alkanes of at least 4 members (excludes halogenated alkanes) is 43. The topological polar surface area (TPSA) is 108 Å². The summed E-state index contributed by atoms with van der Waals surface area (Å²) in [6.07, 6.45) is 73.9. The molecule has 0 saturated heterocycles. The van der Waals surface area contributed by atoms with E-state index in [4.69, 9.17) is 9.05 Å². The molecule has 3 atom stereocenters. The number of likely N-dealkylation sites (N-methyl/N-ethyl adjacent to an activating group) is 1. The average Bonchev–Trinajstić information content (AvgIpc) is 3.36. The zero-order valence-corrected chi connectivity index (χ0v) is 51.0. The summed E-state index contributed by atoms with van der Waals surface area (Å²) < 4.78 is 23.4. The minimum atomic E-state index is -4.60. The maximum absolute atomic E-state index is 13.0. The molecule has 9 heteroatoms. The normalized spacial score (nSPS) is 14.0. The second-order valence-electron chi connectivity index (χ2n) is 23.5. The van der Waals surface area contributed by atoms with Gasteiger partial charge in [0.1, 0.15) is 13.2 Å². The monoisotopic (exact) mass is 1060 g/mol. The molecule has 0 radical (unpaired) electrons. The number of nitrogens with zero attached hydrogens (tertiary/aromatic N) is 1. The maximum atomic E-state index is 13.0. The van der Waals surface area contributed by atoms with Crippen LogP contribution < -0.4 is 10.2 Å². The summed E-state index contributed by atoms with van der Waals surface area (Å²) in [5.41, 5.74) is 0. The minimum Gasteiger partial charge on any atom is -0.756 e. The molecule has 438 valence electrons. The fraction of sp³-hybridized carbons (Fsp3) is 0.892. The summed E-state index contributed by atoms with van der Waals surface area (Å²) in [4.78, 5) is 25.6. The van der Waals surface area contributed by atoms with Gasteiger partial charge in [0.05, 0.1) is 39.9 Å². The van der Waals surface area contributed by atoms with Crippen molar-refractivity contribution in [3.63, 3.8) is 0 Å². The lowest BCUT2D eigenvalue weighted by Crippen LogP contribution is -2.45. The van der Waals surface area contributed by atoms with Crippen LogP contribution in [0, 0.1) is 0 Å². The Hall–Kier alpha value is -1.28. The molecule has 0 spiro atoms. The first-order valence-corrected chi connectivity index (χ1v) is 33.8. The molecule has 0 rings (SSSR count). The van der Waals surface area contributed by atoms with Gasteiger partial charge < -0.3 is 28.8 Å². The Bertz CT molecular complexity index is 1300. The molecule has 0 aliphatic rings. The van der Waals surface area contributed by atoms with E-state index in [1.165, 1.54) is 257 Å². The van der Waals surface area contributed by atoms with Gasteiger partial charge in [0.15, 0.2) is 0 Å². The predicted octanol–water partition coefficient (Wildman–Crippen LogP) is 19.5. The zero-order valence-electron chi connectivity index (χ0n) is 50.1. The molecule has 0 heterocycles. The Labute approximate surface area is 461 Å². The summed E-state index contributed by atoms with van der Waals surface area (Å²) in [5, 5.41) is 13.9. The van der Waals surface area contributed by atoms with Crippen molar-refractivity contribution in [2.75, 3.05) is 40.9 Å². The van der Waals surface area contributed by atoms with E-state index in [1.54, 1.807) is 6.08 Å². The van der Waals surface area contributed by atoms with E-state index >= 15 is 0 Å². The van der Waals surface area contributed by atoms with Crippen molar-refractivity contribution in [2.24, 2.45) is 0 Å². The van der Waals surface area contributed by atoms with E-state index in [-0.39, 0.29) is 19.1 Å². The first-order chi connectivity index (χ1) is 36.0. The third kappa shape index (κ3) is 58.4. The van der Waals surface area contributed by atoms with Crippen LogP contribution >= 0.6 is 7.82 Å². The molecule has 74 heavy (non-hydrogen) atoms. The number of nitrogens with one attached hydrogen (secondary N) is 1. The van der Waals surface area contributed by atoms with Gasteiger partial charge in [-0.25, -0.2) is 0 Å². The number of rotatable bonds is 60. The number of aliphatic hydroxyl groups excluding tert-OH is 1. The van der Waals surface area contributed by atoms with Crippen molar-refractivity contribution >= 4 is 13.7 Å². The smallest absolute Gasteiger partial charge is 0.268 e. The lowest BCUT2D eigenvalue weighted by atomic mass is 10.0. The largest absolute Gasteiger partial charge is 0.756 e. The van der Waals surface area contributed by atoms with Crippen LogP contribution in [-0.4, -0.2) is 68.5 Å². The molecular weight excluding hydrogens is 936 g/mol. The quantitative estimate of drug-likeness (QED) is 0.0272. The van der Waals surface area contributed by atoms with Crippen LogP contribution in [0.5, 0.6) is 0 Å². The molecule has 0 aromatic rings. The summed E-state index contributed by atoms with van der Waals surface area (Å²) >= 11 is 0. The highest BCUT2D eigenvalue weighted by atomic mass is 31.2. The highest BCUT2D eigenvalue weighted by Gasteiger charge is 2.23. The molecule has 0 saturated carbocycles. The zero-order chi connectivity index (χ0) is 54.2. The summed E-state index contributed by atoms with van der Waals surface area (Å²) in [6.45, 7) is 4.68. The first kappa shape index (κ1) is 72.7. The standard InChI is InChI=1S/C65H127N2O6P/c1-6-8-10-12-14-16-18-20-22-24-26-28-29-30-31-32-33-34-35-36-37-39-40-42-44-46-48-50-52-54-56-58-64(68)63(62-73-74(70,71)72-61-60-67(3,4)5)66-65(69)59-57-55-53-51-49-47-45-43-41-38-27-25-23-21-19-17-15-13-11-9-7-2/h19,21,25,27,56,58,63-64,68H,6-18,20,22-24,26,28-55,57,59-62H2,1-5H3,(H-,66,69,70,71)/b21-19-,27-25-,58-56+. The Balaban J connectivity index is 4.09. The van der Waals surface area contributed by atoms with E-state index in [0.717, 1.165) is 44.9 Å². The first-order valence-electron chi connectivity index (χ1n) is 32.4. The van der Waals surface area contributed by atoms with Crippen LogP contribution in [0.15, 0.2) is 36.5 Å². The second kappa shape index (κ2) is 56.4. The van der Waals surface area contributed by atoms with Gasteiger partial charge in [-0.3, -0.25) is 9.36 Å². The molecule has 0 fully saturated rings.